The van der Waals surface area contributed by atoms with Crippen molar-refractivity contribution in [3.63, 3.8) is 0 Å². The van der Waals surface area contributed by atoms with E-state index >= 15 is 0 Å². The van der Waals surface area contributed by atoms with Crippen molar-refractivity contribution in [1.29, 1.82) is 0 Å². The Balaban J connectivity index is 2.43. The molecule has 0 heterocycles. The quantitative estimate of drug-likeness (QED) is 0.756. The molecule has 0 aliphatic carbocycles. The molecule has 2 aromatic carbocycles. The molecule has 0 bridgehead atoms. The lowest BCUT2D eigenvalue weighted by Gasteiger charge is -2.13. The number of benzene rings is 2. The van der Waals surface area contributed by atoms with Gasteiger partial charge in [0.15, 0.2) is 0 Å². The molecule has 0 aliphatic heterocycles. The first-order chi connectivity index (χ1) is 8.49. The zero-order valence-electron chi connectivity index (χ0n) is 8.98. The van der Waals surface area contributed by atoms with E-state index in [4.69, 9.17) is 40.5 Å². The average Bonchev–Trinajstić information content (AvgIpc) is 2.30. The Morgan fingerprint density at radius 1 is 1.00 bits per heavy atom. The SMILES string of the molecule is Nc1cc(Cl)c(F)cc1Nc1c(Cl)cccc1Cl. The molecule has 0 amide bonds. The van der Waals surface area contributed by atoms with Crippen LogP contribution < -0.4 is 11.1 Å². The number of anilines is 3. The van der Waals surface area contributed by atoms with Gasteiger partial charge >= 0.3 is 0 Å². The summed E-state index contributed by atoms with van der Waals surface area (Å²) in [6, 6.07) is 7.55. The Kier molecular flexibility index (Phi) is 3.85. The number of hydrogen-bond donors (Lipinski definition) is 2. The van der Waals surface area contributed by atoms with Crippen molar-refractivity contribution < 1.29 is 4.39 Å². The van der Waals surface area contributed by atoms with Gasteiger partial charge in [-0.05, 0) is 18.2 Å². The minimum atomic E-state index is -0.573. The van der Waals surface area contributed by atoms with Gasteiger partial charge in [0.05, 0.1) is 32.1 Å². The highest BCUT2D eigenvalue weighted by Crippen LogP contribution is 2.35. The lowest BCUT2D eigenvalue weighted by Crippen LogP contribution is -1.98. The van der Waals surface area contributed by atoms with E-state index in [2.05, 4.69) is 5.32 Å². The molecule has 0 aromatic heterocycles. The third-order valence-corrected chi connectivity index (χ3v) is 3.23. The molecule has 18 heavy (non-hydrogen) atoms. The van der Waals surface area contributed by atoms with Gasteiger partial charge in [0.2, 0.25) is 0 Å². The number of hydrogen-bond acceptors (Lipinski definition) is 2. The molecular formula is C12H8Cl3FN2. The lowest BCUT2D eigenvalue weighted by atomic mass is 10.2. The summed E-state index contributed by atoms with van der Waals surface area (Å²) in [4.78, 5) is 0. The zero-order chi connectivity index (χ0) is 13.3. The number of rotatable bonds is 2. The monoisotopic (exact) mass is 304 g/mol. The summed E-state index contributed by atoms with van der Waals surface area (Å²) in [5.41, 5.74) is 6.86. The Morgan fingerprint density at radius 2 is 1.61 bits per heavy atom. The van der Waals surface area contributed by atoms with Crippen molar-refractivity contribution in [3.05, 3.63) is 51.2 Å². The van der Waals surface area contributed by atoms with Crippen LogP contribution in [0.15, 0.2) is 30.3 Å². The predicted octanol–water partition coefficient (Wildman–Crippen LogP) is 5.11. The number of halogens is 4. The van der Waals surface area contributed by atoms with Crippen LogP contribution in [0, 0.1) is 5.82 Å². The molecule has 0 fully saturated rings. The fourth-order valence-electron chi connectivity index (χ4n) is 1.42. The Labute approximate surface area is 118 Å². The molecule has 0 spiro atoms. The molecule has 0 aliphatic rings. The lowest BCUT2D eigenvalue weighted by molar-refractivity contribution is 0.629. The average molecular weight is 306 g/mol. The molecule has 0 saturated carbocycles. The van der Waals surface area contributed by atoms with Crippen LogP contribution in [0.2, 0.25) is 15.1 Å². The maximum atomic E-state index is 13.4. The van der Waals surface area contributed by atoms with Crippen molar-refractivity contribution in [3.8, 4) is 0 Å². The summed E-state index contributed by atoms with van der Waals surface area (Å²) in [7, 11) is 0. The molecule has 3 N–H and O–H groups in total. The molecule has 0 atom stereocenters. The summed E-state index contributed by atoms with van der Waals surface area (Å²) < 4.78 is 13.4. The van der Waals surface area contributed by atoms with Crippen molar-refractivity contribution in [2.75, 3.05) is 11.1 Å². The summed E-state index contributed by atoms with van der Waals surface area (Å²) >= 11 is 17.6. The van der Waals surface area contributed by atoms with E-state index in [1.54, 1.807) is 18.2 Å². The Bertz CT molecular complexity index is 582. The van der Waals surface area contributed by atoms with Gasteiger partial charge in [0, 0.05) is 6.07 Å². The van der Waals surface area contributed by atoms with Gasteiger partial charge < -0.3 is 11.1 Å². The molecule has 0 saturated heterocycles. The first-order valence-electron chi connectivity index (χ1n) is 4.94. The topological polar surface area (TPSA) is 38.0 Å². The number of para-hydroxylation sites is 1. The van der Waals surface area contributed by atoms with E-state index in [9.17, 15) is 4.39 Å². The Morgan fingerprint density at radius 3 is 2.22 bits per heavy atom. The molecule has 6 heteroatoms. The standard InChI is InChI=1S/C12H8Cl3FN2/c13-6-2-1-3-7(14)12(6)18-11-5-9(16)8(15)4-10(11)17/h1-5,18H,17H2. The van der Waals surface area contributed by atoms with Crippen LogP contribution in [0.4, 0.5) is 21.5 Å². The van der Waals surface area contributed by atoms with Crippen molar-refractivity contribution >= 4 is 51.9 Å². The van der Waals surface area contributed by atoms with Gasteiger partial charge in [-0.3, -0.25) is 0 Å². The maximum absolute atomic E-state index is 13.4. The molecule has 2 nitrogen and oxygen atoms in total. The first kappa shape index (κ1) is 13.3. The highest BCUT2D eigenvalue weighted by molar-refractivity contribution is 6.39. The number of nitrogens with two attached hydrogens (primary N) is 1. The van der Waals surface area contributed by atoms with Crippen LogP contribution >= 0.6 is 34.8 Å². The van der Waals surface area contributed by atoms with Gasteiger partial charge in [0.1, 0.15) is 5.82 Å². The largest absolute Gasteiger partial charge is 0.397 e. The zero-order valence-corrected chi connectivity index (χ0v) is 11.2. The highest BCUT2D eigenvalue weighted by Gasteiger charge is 2.10. The second-order valence-corrected chi connectivity index (χ2v) is 4.80. The summed E-state index contributed by atoms with van der Waals surface area (Å²) in [5, 5.41) is 3.68. The van der Waals surface area contributed by atoms with E-state index in [1.165, 1.54) is 12.1 Å². The molecule has 0 unspecified atom stereocenters. The van der Waals surface area contributed by atoms with Crippen LogP contribution in [0.5, 0.6) is 0 Å². The predicted molar refractivity (Wildman–Crippen MR) is 75.6 cm³/mol. The van der Waals surface area contributed by atoms with Gasteiger partial charge in [0.25, 0.3) is 0 Å². The third-order valence-electron chi connectivity index (χ3n) is 2.31. The summed E-state index contributed by atoms with van der Waals surface area (Å²) in [6.45, 7) is 0. The van der Waals surface area contributed by atoms with E-state index in [1.807, 2.05) is 0 Å². The molecule has 2 aromatic rings. The molecule has 94 valence electrons. The minimum absolute atomic E-state index is 0.0386. The highest BCUT2D eigenvalue weighted by atomic mass is 35.5. The summed E-state index contributed by atoms with van der Waals surface area (Å²) in [6.07, 6.45) is 0. The van der Waals surface area contributed by atoms with Crippen LogP contribution in [-0.2, 0) is 0 Å². The smallest absolute Gasteiger partial charge is 0.144 e. The van der Waals surface area contributed by atoms with Crippen LogP contribution in [0.3, 0.4) is 0 Å². The van der Waals surface area contributed by atoms with Gasteiger partial charge in [-0.2, -0.15) is 0 Å². The van der Waals surface area contributed by atoms with Crippen LogP contribution in [0.25, 0.3) is 0 Å². The Hall–Kier alpha value is -1.16. The second-order valence-electron chi connectivity index (χ2n) is 3.58. The molecular weight excluding hydrogens is 298 g/mol. The molecule has 2 rings (SSSR count). The summed E-state index contributed by atoms with van der Waals surface area (Å²) in [5.74, 6) is -0.573. The van der Waals surface area contributed by atoms with Gasteiger partial charge in [-0.15, -0.1) is 0 Å². The maximum Gasteiger partial charge on any atom is 0.144 e. The second kappa shape index (κ2) is 5.22. The van der Waals surface area contributed by atoms with Crippen molar-refractivity contribution in [2.24, 2.45) is 0 Å². The molecule has 0 radical (unpaired) electrons. The fourth-order valence-corrected chi connectivity index (χ4v) is 2.09. The first-order valence-corrected chi connectivity index (χ1v) is 6.08. The third kappa shape index (κ3) is 2.64. The van der Waals surface area contributed by atoms with E-state index in [0.717, 1.165) is 0 Å². The minimum Gasteiger partial charge on any atom is -0.397 e. The van der Waals surface area contributed by atoms with Crippen molar-refractivity contribution in [2.45, 2.75) is 0 Å². The van der Waals surface area contributed by atoms with E-state index in [0.29, 0.717) is 27.1 Å². The van der Waals surface area contributed by atoms with Gasteiger partial charge in [-0.1, -0.05) is 40.9 Å². The van der Waals surface area contributed by atoms with Crippen LogP contribution in [0.1, 0.15) is 0 Å². The van der Waals surface area contributed by atoms with Crippen LogP contribution in [-0.4, -0.2) is 0 Å². The van der Waals surface area contributed by atoms with Crippen molar-refractivity contribution in [1.82, 2.24) is 0 Å². The van der Waals surface area contributed by atoms with E-state index < -0.39 is 5.82 Å². The normalized spacial score (nSPS) is 10.4. The number of nitrogen functional groups attached to an aromatic ring is 1. The number of nitrogens with one attached hydrogen (secondary N) is 1. The van der Waals surface area contributed by atoms with Gasteiger partial charge in [-0.25, -0.2) is 4.39 Å². The van der Waals surface area contributed by atoms with E-state index in [-0.39, 0.29) is 5.02 Å². The fraction of sp³-hybridized carbons (Fsp3) is 0.